The fraction of sp³-hybridized carbons (Fsp3) is 0.417. The first kappa shape index (κ1) is 26.1. The van der Waals surface area contributed by atoms with Gasteiger partial charge in [-0.05, 0) is 55.2 Å². The van der Waals surface area contributed by atoms with Gasteiger partial charge in [0, 0.05) is 29.1 Å². The molecular weight excluding hydrogens is 502 g/mol. The zero-order valence-electron chi connectivity index (χ0n) is 18.4. The van der Waals surface area contributed by atoms with E-state index in [0.29, 0.717) is 26.5 Å². The second-order valence-electron chi connectivity index (χ2n) is 8.28. The van der Waals surface area contributed by atoms with E-state index in [-0.39, 0.29) is 30.3 Å². The zero-order valence-corrected chi connectivity index (χ0v) is 21.5. The molecule has 33 heavy (non-hydrogen) atoms. The molecule has 178 valence electrons. The van der Waals surface area contributed by atoms with Crippen LogP contribution in [0.4, 0.5) is 5.69 Å². The van der Waals surface area contributed by atoms with E-state index in [1.165, 1.54) is 12.8 Å². The molecule has 0 unspecified atom stereocenters. The number of hydrogen-bond donors (Lipinski definition) is 1. The molecule has 1 amide bonds. The number of benzene rings is 2. The Morgan fingerprint density at radius 1 is 1.00 bits per heavy atom. The van der Waals surface area contributed by atoms with Gasteiger partial charge in [0.25, 0.3) is 5.91 Å². The number of halogens is 4. The maximum atomic E-state index is 13.4. The number of carbonyl (C=O) groups excluding carboxylic acids is 1. The van der Waals surface area contributed by atoms with Crippen molar-refractivity contribution in [1.82, 2.24) is 10.4 Å². The lowest BCUT2D eigenvalue weighted by molar-refractivity contribution is -0.119. The van der Waals surface area contributed by atoms with Gasteiger partial charge in [0.2, 0.25) is 0 Å². The number of hydrazine groups is 1. The Labute approximate surface area is 216 Å². The topological polar surface area (TPSA) is 47.9 Å². The van der Waals surface area contributed by atoms with Gasteiger partial charge in [-0.2, -0.15) is 5.10 Å². The van der Waals surface area contributed by atoms with Crippen LogP contribution in [-0.4, -0.2) is 29.7 Å². The van der Waals surface area contributed by atoms with Crippen molar-refractivity contribution in [3.05, 3.63) is 63.1 Å². The number of anilines is 1. The molecule has 0 radical (unpaired) electrons. The van der Waals surface area contributed by atoms with Crippen molar-refractivity contribution in [3.8, 4) is 0 Å². The average Bonchev–Trinajstić information content (AvgIpc) is 2.96. The third kappa shape index (κ3) is 5.95. The highest BCUT2D eigenvalue weighted by molar-refractivity contribution is 6.41. The SMILES string of the molecule is CC[C@@H]1C(C(=O)NN2CCCCCC2)=NN(c2ccc(Cl)cc2Cl)[C@@H]1c1ccc(Cl)cc1.Cl. The number of rotatable bonds is 5. The van der Waals surface area contributed by atoms with Crippen molar-refractivity contribution < 1.29 is 4.79 Å². The van der Waals surface area contributed by atoms with Crippen LogP contribution in [-0.2, 0) is 4.79 Å². The number of nitrogens with zero attached hydrogens (tertiary/aromatic N) is 3. The van der Waals surface area contributed by atoms with Crippen LogP contribution in [0.5, 0.6) is 0 Å². The molecule has 1 fully saturated rings. The molecule has 9 heteroatoms. The largest absolute Gasteiger partial charge is 0.284 e. The Bertz CT molecular complexity index is 990. The molecular formula is C24H28Cl4N4O. The summed E-state index contributed by atoms with van der Waals surface area (Å²) in [6, 6.07) is 12.8. The van der Waals surface area contributed by atoms with Crippen LogP contribution in [0.2, 0.25) is 15.1 Å². The van der Waals surface area contributed by atoms with E-state index < -0.39 is 0 Å². The summed E-state index contributed by atoms with van der Waals surface area (Å²) < 4.78 is 0. The minimum atomic E-state index is -0.180. The average molecular weight is 530 g/mol. The number of hydrogen-bond acceptors (Lipinski definition) is 4. The van der Waals surface area contributed by atoms with Gasteiger partial charge < -0.3 is 0 Å². The molecule has 0 aliphatic carbocycles. The fourth-order valence-electron chi connectivity index (χ4n) is 4.49. The predicted molar refractivity (Wildman–Crippen MR) is 140 cm³/mol. The Morgan fingerprint density at radius 2 is 1.64 bits per heavy atom. The highest BCUT2D eigenvalue weighted by Crippen LogP contribution is 2.43. The summed E-state index contributed by atoms with van der Waals surface area (Å²) in [4.78, 5) is 13.4. The van der Waals surface area contributed by atoms with Gasteiger partial charge in [0.1, 0.15) is 5.71 Å². The summed E-state index contributed by atoms with van der Waals surface area (Å²) in [5.41, 5.74) is 5.36. The quantitative estimate of drug-likeness (QED) is 0.457. The lowest BCUT2D eigenvalue weighted by Crippen LogP contribution is -2.47. The van der Waals surface area contributed by atoms with E-state index in [1.807, 2.05) is 40.3 Å². The van der Waals surface area contributed by atoms with Crippen LogP contribution in [0, 0.1) is 5.92 Å². The van der Waals surface area contributed by atoms with Gasteiger partial charge in [-0.15, -0.1) is 12.4 Å². The highest BCUT2D eigenvalue weighted by atomic mass is 35.5. The summed E-state index contributed by atoms with van der Waals surface area (Å²) in [7, 11) is 0. The molecule has 2 aliphatic rings. The number of nitrogens with one attached hydrogen (secondary N) is 1. The molecule has 0 spiro atoms. The number of amides is 1. The van der Waals surface area contributed by atoms with E-state index in [2.05, 4.69) is 12.3 Å². The summed E-state index contributed by atoms with van der Waals surface area (Å²) in [5, 5.41) is 10.4. The molecule has 2 aliphatic heterocycles. The molecule has 0 aromatic heterocycles. The van der Waals surface area contributed by atoms with Crippen molar-refractivity contribution in [2.45, 2.75) is 45.1 Å². The Hall–Kier alpha value is -1.50. The minimum Gasteiger partial charge on any atom is -0.284 e. The lowest BCUT2D eigenvalue weighted by Gasteiger charge is -2.29. The van der Waals surface area contributed by atoms with Crippen LogP contribution >= 0.6 is 47.2 Å². The van der Waals surface area contributed by atoms with E-state index in [4.69, 9.17) is 39.9 Å². The van der Waals surface area contributed by atoms with E-state index in [0.717, 1.165) is 37.9 Å². The predicted octanol–water partition coefficient (Wildman–Crippen LogP) is 6.92. The third-order valence-corrected chi connectivity index (χ3v) is 6.91. The highest BCUT2D eigenvalue weighted by Gasteiger charge is 2.42. The lowest BCUT2D eigenvalue weighted by atomic mass is 9.87. The molecule has 0 bridgehead atoms. The van der Waals surface area contributed by atoms with E-state index in [1.54, 1.807) is 12.1 Å². The van der Waals surface area contributed by atoms with Crippen LogP contribution in [0.15, 0.2) is 47.6 Å². The zero-order chi connectivity index (χ0) is 22.7. The van der Waals surface area contributed by atoms with Gasteiger partial charge >= 0.3 is 0 Å². The van der Waals surface area contributed by atoms with Gasteiger partial charge in [0.05, 0.1) is 16.8 Å². The summed E-state index contributed by atoms with van der Waals surface area (Å²) in [6.07, 6.45) is 5.33. The van der Waals surface area contributed by atoms with Crippen molar-refractivity contribution in [2.75, 3.05) is 18.1 Å². The molecule has 2 aromatic carbocycles. The van der Waals surface area contributed by atoms with Gasteiger partial charge in [-0.1, -0.05) is 66.7 Å². The van der Waals surface area contributed by atoms with Crippen LogP contribution in [0.1, 0.15) is 50.6 Å². The van der Waals surface area contributed by atoms with Gasteiger partial charge in [-0.25, -0.2) is 5.01 Å². The first-order valence-electron chi connectivity index (χ1n) is 11.1. The Morgan fingerprint density at radius 3 is 2.24 bits per heavy atom. The molecule has 0 saturated carbocycles. The minimum absolute atomic E-state index is 0. The van der Waals surface area contributed by atoms with E-state index >= 15 is 0 Å². The normalized spacial score (nSPS) is 21.2. The number of carbonyl (C=O) groups is 1. The smallest absolute Gasteiger partial charge is 0.282 e. The van der Waals surface area contributed by atoms with Gasteiger partial charge in [-0.3, -0.25) is 15.2 Å². The first-order chi connectivity index (χ1) is 15.5. The summed E-state index contributed by atoms with van der Waals surface area (Å²) in [5.74, 6) is -0.250. The molecule has 2 atom stereocenters. The molecule has 4 rings (SSSR count). The van der Waals surface area contributed by atoms with Crippen molar-refractivity contribution in [2.24, 2.45) is 11.0 Å². The van der Waals surface area contributed by atoms with Crippen molar-refractivity contribution >= 4 is 64.5 Å². The Kier molecular flexibility index (Phi) is 9.31. The second-order valence-corrected chi connectivity index (χ2v) is 9.56. The molecule has 5 nitrogen and oxygen atoms in total. The summed E-state index contributed by atoms with van der Waals surface area (Å²) >= 11 is 18.8. The standard InChI is InChI=1S/C24H27Cl3N4O.ClH/c1-2-19-22(24(32)29-30-13-5-3-4-6-14-30)28-31(21-12-11-18(26)15-20(21)27)23(19)16-7-9-17(25)10-8-16;/h7-12,15,19,23H,2-6,13-14H2,1H3,(H,29,32);1H/t19-,23-;/m1./s1. The second kappa shape index (κ2) is 11.8. The molecule has 2 aromatic rings. The van der Waals surface area contributed by atoms with Crippen molar-refractivity contribution in [3.63, 3.8) is 0 Å². The van der Waals surface area contributed by atoms with E-state index in [9.17, 15) is 4.79 Å². The van der Waals surface area contributed by atoms with Gasteiger partial charge in [0.15, 0.2) is 0 Å². The van der Waals surface area contributed by atoms with Crippen LogP contribution < -0.4 is 10.4 Å². The Balaban J connectivity index is 0.00000306. The fourth-order valence-corrected chi connectivity index (χ4v) is 5.11. The molecule has 2 heterocycles. The van der Waals surface area contributed by atoms with Crippen LogP contribution in [0.25, 0.3) is 0 Å². The van der Waals surface area contributed by atoms with Crippen molar-refractivity contribution in [1.29, 1.82) is 0 Å². The maximum absolute atomic E-state index is 13.4. The third-order valence-electron chi connectivity index (χ3n) is 6.12. The first-order valence-corrected chi connectivity index (χ1v) is 12.3. The molecule has 1 saturated heterocycles. The summed E-state index contributed by atoms with van der Waals surface area (Å²) in [6.45, 7) is 3.81. The van der Waals surface area contributed by atoms with Crippen LogP contribution in [0.3, 0.4) is 0 Å². The molecule has 1 N–H and O–H groups in total. The number of hydrazone groups is 1. The maximum Gasteiger partial charge on any atom is 0.282 e. The monoisotopic (exact) mass is 528 g/mol.